The summed E-state index contributed by atoms with van der Waals surface area (Å²) >= 11 is 1.21. The SMILES string of the molecule is Cc1cccc(N/C=C(/C#N)c2nc(-c3cc4cc([N+](=O)[O-])ccc4oc3=O)cs2)c1C. The van der Waals surface area contributed by atoms with E-state index in [9.17, 15) is 20.2 Å². The van der Waals surface area contributed by atoms with Gasteiger partial charge in [0.25, 0.3) is 5.69 Å². The maximum absolute atomic E-state index is 12.5. The van der Waals surface area contributed by atoms with Gasteiger partial charge < -0.3 is 9.73 Å². The van der Waals surface area contributed by atoms with Gasteiger partial charge in [0.15, 0.2) is 0 Å². The summed E-state index contributed by atoms with van der Waals surface area (Å²) in [5.74, 6) is 0. The number of aryl methyl sites for hydroxylation is 1. The number of fused-ring (bicyclic) bond motifs is 1. The van der Waals surface area contributed by atoms with Gasteiger partial charge in [-0.3, -0.25) is 10.1 Å². The molecular weight excluding hydrogens is 428 g/mol. The predicted molar refractivity (Wildman–Crippen MR) is 123 cm³/mol. The molecule has 8 nitrogen and oxygen atoms in total. The summed E-state index contributed by atoms with van der Waals surface area (Å²) in [5.41, 5.74) is 3.41. The zero-order valence-electron chi connectivity index (χ0n) is 17.1. The topological polar surface area (TPSA) is 122 Å². The number of rotatable bonds is 5. The smallest absolute Gasteiger partial charge is 0.345 e. The maximum atomic E-state index is 12.5. The van der Waals surface area contributed by atoms with Crippen LogP contribution in [0.15, 0.2) is 63.3 Å². The van der Waals surface area contributed by atoms with Crippen LogP contribution in [-0.4, -0.2) is 9.91 Å². The molecule has 0 aliphatic heterocycles. The highest BCUT2D eigenvalue weighted by Gasteiger charge is 2.15. The summed E-state index contributed by atoms with van der Waals surface area (Å²) in [4.78, 5) is 27.4. The molecule has 0 fully saturated rings. The van der Waals surface area contributed by atoms with Gasteiger partial charge in [0.05, 0.1) is 16.2 Å². The van der Waals surface area contributed by atoms with Crippen molar-refractivity contribution < 1.29 is 9.34 Å². The summed E-state index contributed by atoms with van der Waals surface area (Å²) in [7, 11) is 0. The zero-order chi connectivity index (χ0) is 22.8. The highest BCUT2D eigenvalue weighted by molar-refractivity contribution is 7.11. The van der Waals surface area contributed by atoms with Crippen molar-refractivity contribution in [3.63, 3.8) is 0 Å². The Morgan fingerprint density at radius 1 is 1.28 bits per heavy atom. The van der Waals surface area contributed by atoms with E-state index in [1.807, 2.05) is 32.0 Å². The Labute approximate surface area is 186 Å². The van der Waals surface area contributed by atoms with Crippen molar-refractivity contribution in [1.82, 2.24) is 4.98 Å². The minimum Gasteiger partial charge on any atom is -0.422 e. The van der Waals surface area contributed by atoms with Crippen LogP contribution in [0.5, 0.6) is 0 Å². The number of nitro groups is 1. The van der Waals surface area contributed by atoms with Gasteiger partial charge in [-0.1, -0.05) is 12.1 Å². The lowest BCUT2D eigenvalue weighted by Crippen LogP contribution is -2.03. The predicted octanol–water partition coefficient (Wildman–Crippen LogP) is 5.42. The first kappa shape index (κ1) is 21.0. The van der Waals surface area contributed by atoms with E-state index < -0.39 is 10.5 Å². The normalized spacial score (nSPS) is 11.3. The monoisotopic (exact) mass is 444 g/mol. The quantitative estimate of drug-likeness (QED) is 0.189. The number of anilines is 1. The highest BCUT2D eigenvalue weighted by Crippen LogP contribution is 2.28. The Morgan fingerprint density at radius 3 is 2.84 bits per heavy atom. The molecule has 4 rings (SSSR count). The van der Waals surface area contributed by atoms with Crippen LogP contribution in [0, 0.1) is 35.3 Å². The number of nitriles is 1. The molecule has 0 atom stereocenters. The first-order valence-electron chi connectivity index (χ1n) is 9.49. The molecule has 158 valence electrons. The summed E-state index contributed by atoms with van der Waals surface area (Å²) in [6, 6.07) is 13.5. The molecule has 0 radical (unpaired) electrons. The minimum atomic E-state index is -0.612. The average molecular weight is 444 g/mol. The second-order valence-corrected chi connectivity index (χ2v) is 7.88. The number of nitrogens with zero attached hydrogens (tertiary/aromatic N) is 3. The number of hydrogen-bond acceptors (Lipinski definition) is 8. The molecule has 0 aliphatic rings. The number of non-ortho nitro benzene ring substituents is 1. The number of thiazole rings is 1. The van der Waals surface area contributed by atoms with Gasteiger partial charge in [-0.25, -0.2) is 9.78 Å². The van der Waals surface area contributed by atoms with E-state index in [0.717, 1.165) is 16.8 Å². The van der Waals surface area contributed by atoms with Gasteiger partial charge in [-0.15, -0.1) is 11.3 Å². The molecule has 32 heavy (non-hydrogen) atoms. The fourth-order valence-electron chi connectivity index (χ4n) is 3.12. The van der Waals surface area contributed by atoms with Crippen molar-refractivity contribution in [1.29, 1.82) is 5.26 Å². The van der Waals surface area contributed by atoms with Crippen LogP contribution >= 0.6 is 11.3 Å². The molecule has 1 N–H and O–H groups in total. The number of nitrogens with one attached hydrogen (secondary N) is 1. The van der Waals surface area contributed by atoms with Gasteiger partial charge in [-0.05, 0) is 43.2 Å². The van der Waals surface area contributed by atoms with Crippen molar-refractivity contribution in [3.05, 3.63) is 90.7 Å². The standard InChI is InChI=1S/C23H16N4O4S/c1-13-4-3-5-19(14(13)2)25-11-16(10-24)22-26-20(12-32-22)18-9-15-8-17(27(29)30)6-7-21(15)31-23(18)28/h3-9,11-12,25H,1-2H3/b16-11-. The lowest BCUT2D eigenvalue weighted by Gasteiger charge is -2.08. The van der Waals surface area contributed by atoms with E-state index in [4.69, 9.17) is 4.42 Å². The third kappa shape index (κ3) is 3.99. The van der Waals surface area contributed by atoms with Crippen LogP contribution in [0.3, 0.4) is 0 Å². The molecule has 0 amide bonds. The third-order valence-electron chi connectivity index (χ3n) is 5.03. The highest BCUT2D eigenvalue weighted by atomic mass is 32.1. The molecule has 2 aromatic heterocycles. The Morgan fingerprint density at radius 2 is 2.09 bits per heavy atom. The first-order chi connectivity index (χ1) is 15.4. The third-order valence-corrected chi connectivity index (χ3v) is 5.91. The van der Waals surface area contributed by atoms with E-state index in [1.54, 1.807) is 11.6 Å². The van der Waals surface area contributed by atoms with Crippen molar-refractivity contribution in [2.75, 3.05) is 5.32 Å². The van der Waals surface area contributed by atoms with Crippen molar-refractivity contribution in [3.8, 4) is 17.3 Å². The van der Waals surface area contributed by atoms with Crippen molar-refractivity contribution in [2.45, 2.75) is 13.8 Å². The summed E-state index contributed by atoms with van der Waals surface area (Å²) in [6.07, 6.45) is 1.58. The Balaban J connectivity index is 1.69. The van der Waals surface area contributed by atoms with Crippen LogP contribution in [-0.2, 0) is 0 Å². The van der Waals surface area contributed by atoms with E-state index in [2.05, 4.69) is 16.4 Å². The molecule has 0 aliphatic carbocycles. The summed E-state index contributed by atoms with van der Waals surface area (Å²) in [6.45, 7) is 3.99. The average Bonchev–Trinajstić information content (AvgIpc) is 3.26. The van der Waals surface area contributed by atoms with Gasteiger partial charge in [0, 0.05) is 34.8 Å². The van der Waals surface area contributed by atoms with Crippen LogP contribution in [0.2, 0.25) is 0 Å². The molecular formula is C23H16N4O4S. The Bertz CT molecular complexity index is 1490. The summed E-state index contributed by atoms with van der Waals surface area (Å²) in [5, 5.41) is 26.3. The fraction of sp³-hybridized carbons (Fsp3) is 0.0870. The number of allylic oxidation sites excluding steroid dienone is 1. The molecule has 9 heteroatoms. The van der Waals surface area contributed by atoms with Gasteiger partial charge in [0.2, 0.25) is 0 Å². The molecule has 2 aromatic carbocycles. The molecule has 4 aromatic rings. The van der Waals surface area contributed by atoms with Gasteiger partial charge >= 0.3 is 5.63 Å². The Kier molecular flexibility index (Phi) is 5.54. The summed E-state index contributed by atoms with van der Waals surface area (Å²) < 4.78 is 5.30. The van der Waals surface area contributed by atoms with Crippen LogP contribution in [0.25, 0.3) is 27.8 Å². The Hall–Kier alpha value is -4.29. The molecule has 0 saturated carbocycles. The van der Waals surface area contributed by atoms with E-state index >= 15 is 0 Å². The van der Waals surface area contributed by atoms with E-state index in [1.165, 1.54) is 35.6 Å². The van der Waals surface area contributed by atoms with Crippen LogP contribution in [0.1, 0.15) is 16.1 Å². The lowest BCUT2D eigenvalue weighted by atomic mass is 10.1. The fourth-order valence-corrected chi connectivity index (χ4v) is 3.91. The molecule has 0 bridgehead atoms. The maximum Gasteiger partial charge on any atom is 0.345 e. The van der Waals surface area contributed by atoms with Crippen LogP contribution in [0.4, 0.5) is 11.4 Å². The van der Waals surface area contributed by atoms with Crippen LogP contribution < -0.4 is 10.9 Å². The molecule has 0 saturated heterocycles. The minimum absolute atomic E-state index is 0.108. The zero-order valence-corrected chi connectivity index (χ0v) is 17.9. The number of hydrogen-bond donors (Lipinski definition) is 1. The van der Waals surface area contributed by atoms with E-state index in [0.29, 0.717) is 21.7 Å². The largest absolute Gasteiger partial charge is 0.422 e. The molecule has 2 heterocycles. The number of aromatic nitrogens is 1. The second kappa shape index (κ2) is 8.45. The van der Waals surface area contributed by atoms with Gasteiger partial charge in [-0.2, -0.15) is 5.26 Å². The second-order valence-electron chi connectivity index (χ2n) is 7.03. The van der Waals surface area contributed by atoms with E-state index in [-0.39, 0.29) is 16.8 Å². The number of benzene rings is 2. The van der Waals surface area contributed by atoms with Crippen molar-refractivity contribution in [2.24, 2.45) is 0 Å². The lowest BCUT2D eigenvalue weighted by molar-refractivity contribution is -0.384. The molecule has 0 unspecified atom stereocenters. The first-order valence-corrected chi connectivity index (χ1v) is 10.4. The van der Waals surface area contributed by atoms with Gasteiger partial charge in [0.1, 0.15) is 22.2 Å². The molecule has 0 spiro atoms. The van der Waals surface area contributed by atoms with Crippen molar-refractivity contribution >= 4 is 39.3 Å². The number of nitro benzene ring substituents is 1.